The van der Waals surface area contributed by atoms with Gasteiger partial charge in [-0.2, -0.15) is 17.4 Å². The fourth-order valence-corrected chi connectivity index (χ4v) is 5.44. The molecule has 1 aromatic carbocycles. The molecular formula is C18H18ClFN6O3S2. The highest BCUT2D eigenvalue weighted by molar-refractivity contribution is 7.87. The Bertz CT molecular complexity index is 1350. The molecule has 0 radical (unpaired) electrons. The summed E-state index contributed by atoms with van der Waals surface area (Å²) >= 11 is 6.91. The number of halogens is 2. The van der Waals surface area contributed by atoms with E-state index in [1.807, 2.05) is 0 Å². The lowest BCUT2D eigenvalue weighted by Crippen LogP contribution is -2.55. The van der Waals surface area contributed by atoms with Crippen LogP contribution in [-0.2, 0) is 22.1 Å². The van der Waals surface area contributed by atoms with Crippen molar-refractivity contribution in [1.82, 2.24) is 23.6 Å². The molecule has 1 amide bonds. The maximum absolute atomic E-state index is 13.4. The number of carbonyl (C=O) groups is 1. The van der Waals surface area contributed by atoms with E-state index in [0.717, 1.165) is 12.1 Å². The van der Waals surface area contributed by atoms with Gasteiger partial charge < -0.3 is 9.88 Å². The summed E-state index contributed by atoms with van der Waals surface area (Å²) in [6, 6.07) is 0.831. The number of nitrogens with one attached hydrogen (secondary N) is 2. The van der Waals surface area contributed by atoms with E-state index in [1.54, 1.807) is 24.1 Å². The third-order valence-electron chi connectivity index (χ3n) is 4.56. The summed E-state index contributed by atoms with van der Waals surface area (Å²) in [7, 11) is -2.81. The predicted octanol–water partition coefficient (Wildman–Crippen LogP) is 2.55. The largest absolute Gasteiger partial charge is 0.340 e. The van der Waals surface area contributed by atoms with Crippen LogP contribution in [0.4, 0.5) is 10.1 Å². The molecule has 0 bridgehead atoms. The number of nitrogens with zero attached hydrogens (tertiary/aromatic N) is 4. The molecule has 13 heteroatoms. The molecule has 3 heterocycles. The van der Waals surface area contributed by atoms with Gasteiger partial charge in [-0.05, 0) is 24.6 Å². The summed E-state index contributed by atoms with van der Waals surface area (Å²) in [6.07, 6.45) is 4.69. The van der Waals surface area contributed by atoms with Gasteiger partial charge in [0.25, 0.3) is 10.2 Å². The van der Waals surface area contributed by atoms with Gasteiger partial charge in [0.1, 0.15) is 16.9 Å². The smallest absolute Gasteiger partial charge is 0.280 e. The second-order valence-electron chi connectivity index (χ2n) is 6.83. The highest BCUT2D eigenvalue weighted by Gasteiger charge is 2.41. The molecule has 1 aliphatic rings. The number of rotatable bonds is 4. The van der Waals surface area contributed by atoms with E-state index in [0.29, 0.717) is 15.6 Å². The second kappa shape index (κ2) is 8.28. The van der Waals surface area contributed by atoms with Gasteiger partial charge >= 0.3 is 0 Å². The van der Waals surface area contributed by atoms with Crippen molar-refractivity contribution in [2.45, 2.75) is 18.5 Å². The Hall–Kier alpha value is -2.38. The number of imidazole rings is 1. The van der Waals surface area contributed by atoms with Crippen LogP contribution in [0.5, 0.6) is 0 Å². The first-order valence-corrected chi connectivity index (χ1v) is 11.5. The Morgan fingerprint density at radius 3 is 2.94 bits per heavy atom. The number of aromatic nitrogens is 3. The quantitative estimate of drug-likeness (QED) is 0.587. The maximum atomic E-state index is 13.4. The molecule has 1 fully saturated rings. The molecular weight excluding hydrogens is 467 g/mol. The highest BCUT2D eigenvalue weighted by Crippen LogP contribution is 2.34. The minimum Gasteiger partial charge on any atom is -0.340 e. The van der Waals surface area contributed by atoms with Crippen LogP contribution in [0.2, 0.25) is 5.02 Å². The second-order valence-corrected chi connectivity index (χ2v) is 9.88. The van der Waals surface area contributed by atoms with Crippen molar-refractivity contribution in [3.63, 3.8) is 0 Å². The topological polar surface area (TPSA) is 109 Å². The first-order chi connectivity index (χ1) is 15.8. The monoisotopic (exact) mass is 487 g/mol. The van der Waals surface area contributed by atoms with E-state index >= 15 is 0 Å². The number of hydrogen-bond acceptors (Lipinski definition) is 6. The number of likely N-dealkylation sites (N-methyl/N-ethyl adjacent to an activating group) is 1. The maximum Gasteiger partial charge on any atom is 0.280 e. The van der Waals surface area contributed by atoms with Gasteiger partial charge in [-0.3, -0.25) is 4.79 Å². The number of carbonyl (C=O) groups excluding carboxylic acids is 1. The van der Waals surface area contributed by atoms with E-state index in [4.69, 9.17) is 15.7 Å². The fourth-order valence-electron chi connectivity index (χ4n) is 3.04. The Morgan fingerprint density at radius 1 is 1.45 bits per heavy atom. The lowest BCUT2D eigenvalue weighted by atomic mass is 10.1. The zero-order valence-corrected chi connectivity index (χ0v) is 18.3. The van der Waals surface area contributed by atoms with Gasteiger partial charge in [-0.1, -0.05) is 11.6 Å². The average Bonchev–Trinajstić information content (AvgIpc) is 3.37. The van der Waals surface area contributed by atoms with Crippen molar-refractivity contribution < 1.29 is 21.7 Å². The fraction of sp³-hybridized carbons (Fsp3) is 0.278. The predicted molar refractivity (Wildman–Crippen MR) is 115 cm³/mol. The molecule has 1 aliphatic heterocycles. The van der Waals surface area contributed by atoms with Crippen LogP contribution in [0.25, 0.3) is 10.6 Å². The van der Waals surface area contributed by atoms with E-state index in [1.165, 1.54) is 23.6 Å². The van der Waals surface area contributed by atoms with Crippen molar-refractivity contribution in [3.05, 3.63) is 52.8 Å². The third kappa shape index (κ3) is 4.48. The number of hydrogen-bond donors (Lipinski definition) is 2. The number of amides is 1. The molecule has 0 saturated carbocycles. The summed E-state index contributed by atoms with van der Waals surface area (Å²) in [5.41, 5.74) is 0.720. The number of aryl methyl sites for hydroxylation is 1. The van der Waals surface area contributed by atoms with Gasteiger partial charge in [-0.15, -0.1) is 11.3 Å². The van der Waals surface area contributed by atoms with Crippen LogP contribution in [0.1, 0.15) is 21.6 Å². The first-order valence-electron chi connectivity index (χ1n) is 10.4. The molecule has 2 aromatic heterocycles. The summed E-state index contributed by atoms with van der Waals surface area (Å²) in [6.45, 7) is -3.14. The summed E-state index contributed by atoms with van der Waals surface area (Å²) in [4.78, 5) is 22.2. The van der Waals surface area contributed by atoms with Crippen LogP contribution < -0.4 is 10.0 Å². The normalized spacial score (nSPS) is 23.0. The van der Waals surface area contributed by atoms with Crippen molar-refractivity contribution in [2.24, 2.45) is 7.05 Å². The van der Waals surface area contributed by atoms with Crippen molar-refractivity contribution in [2.75, 3.05) is 12.3 Å². The molecule has 3 aromatic rings. The number of anilines is 1. The molecule has 1 saturated heterocycles. The Morgan fingerprint density at radius 2 is 2.26 bits per heavy atom. The molecule has 4 rings (SSSR count). The lowest BCUT2D eigenvalue weighted by Gasteiger charge is -2.35. The Kier molecular flexibility index (Phi) is 4.87. The zero-order chi connectivity index (χ0) is 24.8. The van der Waals surface area contributed by atoms with E-state index < -0.39 is 41.0 Å². The van der Waals surface area contributed by atoms with Crippen LogP contribution in [0.3, 0.4) is 0 Å². The molecule has 2 unspecified atom stereocenters. The van der Waals surface area contributed by atoms with Crippen molar-refractivity contribution in [1.29, 1.82) is 0 Å². The van der Waals surface area contributed by atoms with Gasteiger partial charge in [0.05, 0.1) is 28.0 Å². The third-order valence-corrected chi connectivity index (χ3v) is 7.34. The highest BCUT2D eigenvalue weighted by atomic mass is 35.5. The molecule has 0 spiro atoms. The van der Waals surface area contributed by atoms with Crippen LogP contribution in [0, 0.1) is 5.82 Å². The van der Waals surface area contributed by atoms with Gasteiger partial charge in [-0.25, -0.2) is 14.4 Å². The zero-order valence-electron chi connectivity index (χ0n) is 18.9. The van der Waals surface area contributed by atoms with Crippen LogP contribution in [-0.4, -0.2) is 46.2 Å². The standard InChI is InChI=1S/C18H18ClFN6O3S2/c1-25-8-14(22-9-25)16-7-21-18(30-16)13-6-15(26(2)31(28,29)24-13)17(27)23-10-3-4-12(20)11(19)5-10/h3-5,7-9,13,15,24H,6H2,1-2H3,(H,23,27)/i2D3. The van der Waals surface area contributed by atoms with E-state index in [2.05, 4.69) is 20.0 Å². The number of thiazole rings is 1. The molecule has 2 N–H and O–H groups in total. The van der Waals surface area contributed by atoms with E-state index in [-0.39, 0.29) is 21.4 Å². The lowest BCUT2D eigenvalue weighted by molar-refractivity contribution is -0.120. The van der Waals surface area contributed by atoms with Crippen molar-refractivity contribution in [3.8, 4) is 10.6 Å². The molecule has 31 heavy (non-hydrogen) atoms. The summed E-state index contributed by atoms with van der Waals surface area (Å²) < 4.78 is 66.6. The Balaban J connectivity index is 1.65. The van der Waals surface area contributed by atoms with E-state index in [9.17, 15) is 17.6 Å². The number of benzene rings is 1. The minimum atomic E-state index is -4.61. The Labute approximate surface area is 191 Å². The van der Waals surface area contributed by atoms with Crippen molar-refractivity contribution >= 4 is 44.7 Å². The van der Waals surface area contributed by atoms with Gasteiger partial charge in [0.2, 0.25) is 5.91 Å². The minimum absolute atomic E-state index is 0.0843. The first kappa shape index (κ1) is 18.2. The van der Waals surface area contributed by atoms with Crippen LogP contribution >= 0.6 is 22.9 Å². The summed E-state index contributed by atoms with van der Waals surface area (Å²) in [5, 5.41) is 2.51. The summed E-state index contributed by atoms with van der Waals surface area (Å²) in [5.74, 6) is -1.61. The van der Waals surface area contributed by atoms with Crippen LogP contribution in [0.15, 0.2) is 36.9 Å². The molecule has 2 atom stereocenters. The average molecular weight is 488 g/mol. The molecule has 9 nitrogen and oxygen atoms in total. The SMILES string of the molecule is [2H]C([2H])([2H])N1C(C(=O)Nc2ccc(F)c(Cl)c2)CC(c2ncc(-c3cn(C)cn3)s2)NS1(=O)=O. The van der Waals surface area contributed by atoms with Gasteiger partial charge in [0, 0.05) is 36.2 Å². The molecule has 164 valence electrons. The molecule has 0 aliphatic carbocycles. The van der Waals surface area contributed by atoms with Gasteiger partial charge in [0.15, 0.2) is 0 Å².